The molecule has 2 unspecified atom stereocenters. The van der Waals surface area contributed by atoms with Gasteiger partial charge in [0.25, 0.3) is 0 Å². The SMILES string of the molecule is CC(=O)OC1CCP(C)(=O)C1. The molecule has 3 nitrogen and oxygen atoms in total. The van der Waals surface area contributed by atoms with Crippen LogP contribution in [-0.2, 0) is 14.1 Å². The Morgan fingerprint density at radius 3 is 2.64 bits per heavy atom. The van der Waals surface area contributed by atoms with Gasteiger partial charge in [0.1, 0.15) is 6.10 Å². The molecule has 0 aromatic heterocycles. The van der Waals surface area contributed by atoms with Gasteiger partial charge in [-0.3, -0.25) is 4.79 Å². The van der Waals surface area contributed by atoms with E-state index in [9.17, 15) is 9.36 Å². The minimum Gasteiger partial charge on any atom is -0.462 e. The number of carbonyl (C=O) groups excluding carboxylic acids is 1. The predicted molar refractivity (Wildman–Crippen MR) is 43.4 cm³/mol. The van der Waals surface area contributed by atoms with Gasteiger partial charge in [-0.1, -0.05) is 0 Å². The lowest BCUT2D eigenvalue weighted by Crippen LogP contribution is -2.14. The van der Waals surface area contributed by atoms with Gasteiger partial charge in [0, 0.05) is 19.2 Å². The maximum absolute atomic E-state index is 11.4. The predicted octanol–water partition coefficient (Wildman–Crippen LogP) is 1.31. The maximum Gasteiger partial charge on any atom is 0.302 e. The molecule has 0 N–H and O–H groups in total. The van der Waals surface area contributed by atoms with E-state index in [0.29, 0.717) is 6.16 Å². The third kappa shape index (κ3) is 2.66. The average molecular weight is 176 g/mol. The van der Waals surface area contributed by atoms with Crippen LogP contribution in [0.1, 0.15) is 13.3 Å². The number of hydrogen-bond donors (Lipinski definition) is 0. The Hall–Kier alpha value is -0.300. The first kappa shape index (κ1) is 8.79. The zero-order valence-electron chi connectivity index (χ0n) is 6.87. The number of ether oxygens (including phenoxy) is 1. The third-order valence-corrected chi connectivity index (χ3v) is 4.23. The molecule has 0 aromatic rings. The van der Waals surface area contributed by atoms with Crippen molar-refractivity contribution in [2.24, 2.45) is 0 Å². The van der Waals surface area contributed by atoms with Gasteiger partial charge in [-0.15, -0.1) is 0 Å². The molecule has 4 heteroatoms. The first-order chi connectivity index (χ1) is 4.99. The summed E-state index contributed by atoms with van der Waals surface area (Å²) in [4.78, 5) is 10.5. The van der Waals surface area contributed by atoms with E-state index >= 15 is 0 Å². The topological polar surface area (TPSA) is 43.4 Å². The summed E-state index contributed by atoms with van der Waals surface area (Å²) in [5.41, 5.74) is 0. The first-order valence-electron chi connectivity index (χ1n) is 3.72. The Kier molecular flexibility index (Phi) is 2.38. The van der Waals surface area contributed by atoms with Crippen molar-refractivity contribution < 1.29 is 14.1 Å². The lowest BCUT2D eigenvalue weighted by molar-refractivity contribution is -0.145. The lowest BCUT2D eigenvalue weighted by atomic mass is 10.3. The molecule has 0 saturated carbocycles. The second-order valence-electron chi connectivity index (χ2n) is 3.22. The molecule has 64 valence electrons. The molecule has 1 aliphatic rings. The summed E-state index contributed by atoms with van der Waals surface area (Å²) < 4.78 is 16.4. The van der Waals surface area contributed by atoms with Gasteiger partial charge < -0.3 is 9.30 Å². The van der Waals surface area contributed by atoms with E-state index in [1.165, 1.54) is 6.92 Å². The number of esters is 1. The molecule has 0 aliphatic carbocycles. The van der Waals surface area contributed by atoms with Crippen LogP contribution in [0.2, 0.25) is 0 Å². The smallest absolute Gasteiger partial charge is 0.302 e. The minimum absolute atomic E-state index is 0.0802. The fourth-order valence-corrected chi connectivity index (χ4v) is 3.50. The third-order valence-electron chi connectivity index (χ3n) is 1.85. The summed E-state index contributed by atoms with van der Waals surface area (Å²) in [5, 5.41) is 0. The van der Waals surface area contributed by atoms with E-state index in [2.05, 4.69) is 0 Å². The van der Waals surface area contributed by atoms with Crippen LogP contribution in [0.3, 0.4) is 0 Å². The molecular weight excluding hydrogens is 163 g/mol. The quantitative estimate of drug-likeness (QED) is 0.447. The molecule has 2 atom stereocenters. The molecule has 0 bridgehead atoms. The fourth-order valence-electron chi connectivity index (χ4n) is 1.36. The van der Waals surface area contributed by atoms with Crippen molar-refractivity contribution in [1.82, 2.24) is 0 Å². The van der Waals surface area contributed by atoms with Crippen molar-refractivity contribution in [3.8, 4) is 0 Å². The Bertz CT molecular complexity index is 212. The molecule has 0 aromatic carbocycles. The zero-order chi connectivity index (χ0) is 8.48. The monoisotopic (exact) mass is 176 g/mol. The van der Waals surface area contributed by atoms with Crippen LogP contribution in [0, 0.1) is 0 Å². The van der Waals surface area contributed by atoms with Crippen LogP contribution in [-0.4, -0.2) is 31.1 Å². The van der Waals surface area contributed by atoms with E-state index in [1.54, 1.807) is 6.66 Å². The highest BCUT2D eigenvalue weighted by Gasteiger charge is 2.31. The van der Waals surface area contributed by atoms with E-state index in [1.807, 2.05) is 0 Å². The highest BCUT2D eigenvalue weighted by atomic mass is 31.2. The maximum atomic E-state index is 11.4. The van der Waals surface area contributed by atoms with E-state index in [4.69, 9.17) is 4.74 Å². The van der Waals surface area contributed by atoms with Crippen molar-refractivity contribution in [2.45, 2.75) is 19.4 Å². The Morgan fingerprint density at radius 1 is 1.64 bits per heavy atom. The van der Waals surface area contributed by atoms with E-state index < -0.39 is 7.14 Å². The van der Waals surface area contributed by atoms with Gasteiger partial charge in [0.05, 0.1) is 7.14 Å². The molecule has 0 spiro atoms. The van der Waals surface area contributed by atoms with Crippen LogP contribution in [0.15, 0.2) is 0 Å². The summed E-state index contributed by atoms with van der Waals surface area (Å²) >= 11 is 0. The number of carbonyl (C=O) groups is 1. The fraction of sp³-hybridized carbons (Fsp3) is 0.857. The summed E-state index contributed by atoms with van der Waals surface area (Å²) in [6, 6.07) is 0. The van der Waals surface area contributed by atoms with Gasteiger partial charge in [-0.2, -0.15) is 0 Å². The van der Waals surface area contributed by atoms with Crippen LogP contribution < -0.4 is 0 Å². The molecular formula is C7H13O3P. The Labute approximate surface area is 66.5 Å². The molecule has 1 heterocycles. The zero-order valence-corrected chi connectivity index (χ0v) is 7.77. The van der Waals surface area contributed by atoms with Crippen molar-refractivity contribution >= 4 is 13.1 Å². The van der Waals surface area contributed by atoms with Gasteiger partial charge in [-0.05, 0) is 13.1 Å². The van der Waals surface area contributed by atoms with Gasteiger partial charge in [0.15, 0.2) is 0 Å². The highest BCUT2D eigenvalue weighted by Crippen LogP contribution is 2.48. The molecule has 0 amide bonds. The second kappa shape index (κ2) is 2.98. The van der Waals surface area contributed by atoms with Crippen LogP contribution in [0.4, 0.5) is 0 Å². The minimum atomic E-state index is -1.93. The first-order valence-corrected chi connectivity index (χ1v) is 6.25. The highest BCUT2D eigenvalue weighted by molar-refractivity contribution is 7.63. The lowest BCUT2D eigenvalue weighted by Gasteiger charge is -2.08. The standard InChI is InChI=1S/C7H13O3P/c1-6(8)10-7-3-4-11(2,9)5-7/h7H,3-5H2,1-2H3. The van der Waals surface area contributed by atoms with Crippen LogP contribution in [0.25, 0.3) is 0 Å². The molecule has 1 aliphatic heterocycles. The number of hydrogen-bond acceptors (Lipinski definition) is 3. The average Bonchev–Trinajstić information content (AvgIpc) is 2.08. The van der Waals surface area contributed by atoms with Gasteiger partial charge in [-0.25, -0.2) is 0 Å². The Balaban J connectivity index is 2.43. The summed E-state index contributed by atoms with van der Waals surface area (Å²) in [6.07, 6.45) is 1.99. The van der Waals surface area contributed by atoms with Gasteiger partial charge >= 0.3 is 5.97 Å². The Morgan fingerprint density at radius 2 is 2.27 bits per heavy atom. The second-order valence-corrected chi connectivity index (χ2v) is 6.63. The van der Waals surface area contributed by atoms with Crippen LogP contribution in [0.5, 0.6) is 0 Å². The van der Waals surface area contributed by atoms with E-state index in [0.717, 1.165) is 12.6 Å². The van der Waals surface area contributed by atoms with Crippen LogP contribution >= 0.6 is 7.14 Å². The van der Waals surface area contributed by atoms with E-state index in [-0.39, 0.29) is 12.1 Å². The summed E-state index contributed by atoms with van der Waals surface area (Å²) in [7, 11) is -1.93. The summed E-state index contributed by atoms with van der Waals surface area (Å²) in [6.45, 7) is 3.16. The van der Waals surface area contributed by atoms with Crippen molar-refractivity contribution in [3.05, 3.63) is 0 Å². The number of rotatable bonds is 1. The van der Waals surface area contributed by atoms with Gasteiger partial charge in [0.2, 0.25) is 0 Å². The molecule has 0 radical (unpaired) electrons. The largest absolute Gasteiger partial charge is 0.462 e. The molecule has 1 rings (SSSR count). The molecule has 1 fully saturated rings. The van der Waals surface area contributed by atoms with Crippen molar-refractivity contribution in [2.75, 3.05) is 19.0 Å². The molecule has 11 heavy (non-hydrogen) atoms. The normalized spacial score (nSPS) is 37.1. The summed E-state index contributed by atoms with van der Waals surface area (Å²) in [5.74, 6) is -0.267. The van der Waals surface area contributed by atoms with Crippen molar-refractivity contribution in [1.29, 1.82) is 0 Å². The molecule has 1 saturated heterocycles. The van der Waals surface area contributed by atoms with Crippen molar-refractivity contribution in [3.63, 3.8) is 0 Å².